The first-order valence-corrected chi connectivity index (χ1v) is 8.52. The number of methoxy groups -OCH3 is 1. The highest BCUT2D eigenvalue weighted by Crippen LogP contribution is 2.39. The third-order valence-electron chi connectivity index (χ3n) is 5.08. The van der Waals surface area contributed by atoms with E-state index in [-0.39, 0.29) is 23.6 Å². The number of piperidine rings is 1. The lowest BCUT2D eigenvalue weighted by Gasteiger charge is -2.49. The minimum atomic E-state index is -0.989. The number of carbonyl (C=O) groups is 1. The summed E-state index contributed by atoms with van der Waals surface area (Å²) in [7, 11) is 1.56. The first-order valence-electron chi connectivity index (χ1n) is 8.52. The van der Waals surface area contributed by atoms with Crippen LogP contribution >= 0.6 is 0 Å². The Bertz CT molecular complexity index is 705. The lowest BCUT2D eigenvalue weighted by molar-refractivity contribution is -0.144. The maximum Gasteiger partial charge on any atom is 0.345 e. The average Bonchev–Trinajstić information content (AvgIpc) is 2.48. The van der Waals surface area contributed by atoms with Gasteiger partial charge < -0.3 is 19.7 Å². The van der Waals surface area contributed by atoms with Gasteiger partial charge in [-0.3, -0.25) is 4.79 Å². The van der Waals surface area contributed by atoms with Gasteiger partial charge in [0, 0.05) is 36.7 Å². The topological polar surface area (TPSA) is 95.5 Å². The Kier molecular flexibility index (Phi) is 5.12. The summed E-state index contributed by atoms with van der Waals surface area (Å²) < 4.78 is 5.16. The number of H-pyrrole nitrogens is 1. The number of aromatic nitrogens is 2. The van der Waals surface area contributed by atoms with Crippen molar-refractivity contribution in [3.8, 4) is 0 Å². The molecule has 7 nitrogen and oxygen atoms in total. The Balaban J connectivity index is 2.28. The van der Waals surface area contributed by atoms with Crippen LogP contribution < -0.4 is 5.69 Å². The molecule has 1 saturated heterocycles. The van der Waals surface area contributed by atoms with Crippen molar-refractivity contribution in [1.82, 2.24) is 14.9 Å². The van der Waals surface area contributed by atoms with Gasteiger partial charge in [0.1, 0.15) is 5.69 Å². The van der Waals surface area contributed by atoms with Crippen molar-refractivity contribution in [2.45, 2.75) is 52.1 Å². The van der Waals surface area contributed by atoms with Crippen LogP contribution in [0.5, 0.6) is 0 Å². The third kappa shape index (κ3) is 3.93. The monoisotopic (exact) mass is 351 g/mol. The Morgan fingerprint density at radius 1 is 1.44 bits per heavy atom. The molecule has 0 saturated carbocycles. The molecule has 1 aliphatic heterocycles. The second kappa shape index (κ2) is 6.53. The lowest BCUT2D eigenvalue weighted by Crippen LogP contribution is -2.60. The van der Waals surface area contributed by atoms with Gasteiger partial charge in [0.25, 0.3) is 5.91 Å². The number of ether oxygens (including phenoxy) is 1. The Hall–Kier alpha value is -1.73. The van der Waals surface area contributed by atoms with Crippen molar-refractivity contribution in [2.75, 3.05) is 26.8 Å². The molecule has 1 aliphatic rings. The molecule has 1 amide bonds. The molecule has 0 radical (unpaired) electrons. The van der Waals surface area contributed by atoms with Gasteiger partial charge in [-0.2, -0.15) is 4.98 Å². The predicted octanol–water partition coefficient (Wildman–Crippen LogP) is 1.32. The standard InChI is InChI=1S/C18H29N3O4/c1-16(2,3)13-9-12(19-15(23)20-13)14(22)21-8-7-18(24,11-25-6)17(4,5)10-21/h9,24H,7-8,10-11H2,1-6H3,(H,19,20,23). The number of carbonyl (C=O) groups excluding carboxylic acids is 1. The van der Waals surface area contributed by atoms with Gasteiger partial charge in [0.2, 0.25) is 0 Å². The lowest BCUT2D eigenvalue weighted by atomic mass is 9.70. The smallest absolute Gasteiger partial charge is 0.345 e. The summed E-state index contributed by atoms with van der Waals surface area (Å²) in [5.41, 5.74) is -1.54. The van der Waals surface area contributed by atoms with Crippen LogP contribution in [0.25, 0.3) is 0 Å². The molecule has 2 rings (SSSR count). The molecule has 1 fully saturated rings. The molecule has 25 heavy (non-hydrogen) atoms. The van der Waals surface area contributed by atoms with E-state index in [0.717, 1.165) is 0 Å². The summed E-state index contributed by atoms with van der Waals surface area (Å²) in [6.45, 7) is 10.7. The van der Waals surface area contributed by atoms with Gasteiger partial charge in [-0.05, 0) is 12.5 Å². The van der Waals surface area contributed by atoms with Crippen LogP contribution in [0.2, 0.25) is 0 Å². The molecule has 1 aromatic heterocycles. The number of aliphatic hydroxyl groups is 1. The van der Waals surface area contributed by atoms with E-state index < -0.39 is 16.7 Å². The first-order chi connectivity index (χ1) is 11.4. The van der Waals surface area contributed by atoms with Gasteiger partial charge in [-0.15, -0.1) is 0 Å². The minimum absolute atomic E-state index is 0.140. The summed E-state index contributed by atoms with van der Waals surface area (Å²) >= 11 is 0. The van der Waals surface area contributed by atoms with Crippen LogP contribution in [0.15, 0.2) is 10.9 Å². The highest BCUT2D eigenvalue weighted by molar-refractivity contribution is 5.92. The van der Waals surface area contributed by atoms with Crippen molar-refractivity contribution in [1.29, 1.82) is 0 Å². The number of nitrogens with one attached hydrogen (secondary N) is 1. The normalized spacial score (nSPS) is 23.6. The number of aromatic amines is 1. The van der Waals surface area contributed by atoms with Gasteiger partial charge in [-0.25, -0.2) is 4.79 Å². The van der Waals surface area contributed by atoms with E-state index in [9.17, 15) is 14.7 Å². The molecule has 0 aliphatic carbocycles. The van der Waals surface area contributed by atoms with E-state index in [0.29, 0.717) is 25.2 Å². The summed E-state index contributed by atoms with van der Waals surface area (Å²) in [5, 5.41) is 10.8. The van der Waals surface area contributed by atoms with E-state index in [2.05, 4.69) is 9.97 Å². The number of nitrogens with zero attached hydrogens (tertiary/aromatic N) is 2. The molecule has 0 aromatic carbocycles. The van der Waals surface area contributed by atoms with Gasteiger partial charge in [0.15, 0.2) is 0 Å². The van der Waals surface area contributed by atoms with Gasteiger partial charge >= 0.3 is 5.69 Å². The largest absolute Gasteiger partial charge is 0.387 e. The van der Waals surface area contributed by atoms with E-state index >= 15 is 0 Å². The Labute approximate surface area is 148 Å². The summed E-state index contributed by atoms with van der Waals surface area (Å²) in [6.07, 6.45) is 0.412. The van der Waals surface area contributed by atoms with Crippen molar-refractivity contribution in [3.63, 3.8) is 0 Å². The van der Waals surface area contributed by atoms with Crippen molar-refractivity contribution in [3.05, 3.63) is 27.9 Å². The van der Waals surface area contributed by atoms with E-state index in [4.69, 9.17) is 4.74 Å². The molecule has 140 valence electrons. The maximum absolute atomic E-state index is 12.9. The molecular formula is C18H29N3O4. The molecule has 0 bridgehead atoms. The van der Waals surface area contributed by atoms with Crippen LogP contribution in [0, 0.1) is 5.41 Å². The van der Waals surface area contributed by atoms with Crippen LogP contribution in [-0.4, -0.2) is 58.3 Å². The van der Waals surface area contributed by atoms with Crippen molar-refractivity contribution in [2.24, 2.45) is 5.41 Å². The second-order valence-corrected chi connectivity index (χ2v) is 8.56. The predicted molar refractivity (Wildman–Crippen MR) is 94.7 cm³/mol. The number of hydrogen-bond acceptors (Lipinski definition) is 5. The maximum atomic E-state index is 12.9. The zero-order valence-electron chi connectivity index (χ0n) is 16.0. The third-order valence-corrected chi connectivity index (χ3v) is 5.08. The summed E-state index contributed by atoms with van der Waals surface area (Å²) in [6, 6.07) is 1.65. The van der Waals surface area contributed by atoms with Crippen LogP contribution in [0.3, 0.4) is 0 Å². The highest BCUT2D eigenvalue weighted by atomic mass is 16.5. The molecule has 2 N–H and O–H groups in total. The fourth-order valence-corrected chi connectivity index (χ4v) is 3.17. The van der Waals surface area contributed by atoms with Crippen molar-refractivity contribution < 1.29 is 14.6 Å². The molecular weight excluding hydrogens is 322 g/mol. The fraction of sp³-hybridized carbons (Fsp3) is 0.722. The number of amides is 1. The van der Waals surface area contributed by atoms with E-state index in [1.807, 2.05) is 34.6 Å². The zero-order chi connectivity index (χ0) is 19.0. The summed E-state index contributed by atoms with van der Waals surface area (Å²) in [4.78, 5) is 33.0. The zero-order valence-corrected chi connectivity index (χ0v) is 16.0. The average molecular weight is 351 g/mol. The number of likely N-dealkylation sites (tertiary alicyclic amines) is 1. The molecule has 7 heteroatoms. The van der Waals surface area contributed by atoms with Crippen LogP contribution in [-0.2, 0) is 10.2 Å². The Morgan fingerprint density at radius 2 is 2.08 bits per heavy atom. The highest BCUT2D eigenvalue weighted by Gasteiger charge is 2.48. The number of hydrogen-bond donors (Lipinski definition) is 2. The Morgan fingerprint density at radius 3 is 2.60 bits per heavy atom. The molecule has 1 unspecified atom stereocenters. The van der Waals surface area contributed by atoms with E-state index in [1.54, 1.807) is 18.1 Å². The van der Waals surface area contributed by atoms with Crippen LogP contribution in [0.1, 0.15) is 57.2 Å². The number of rotatable bonds is 3. The SMILES string of the molecule is COCC1(O)CCN(C(=O)c2cc(C(C)(C)C)[nH]c(=O)n2)CC1(C)C. The molecule has 0 spiro atoms. The van der Waals surface area contributed by atoms with Crippen molar-refractivity contribution >= 4 is 5.91 Å². The summed E-state index contributed by atoms with van der Waals surface area (Å²) in [5.74, 6) is -0.288. The van der Waals surface area contributed by atoms with Crippen LogP contribution in [0.4, 0.5) is 0 Å². The van der Waals surface area contributed by atoms with Gasteiger partial charge in [-0.1, -0.05) is 34.6 Å². The molecule has 1 atom stereocenters. The first kappa shape index (κ1) is 19.6. The molecule has 1 aromatic rings. The molecule has 2 heterocycles. The minimum Gasteiger partial charge on any atom is -0.387 e. The van der Waals surface area contributed by atoms with E-state index in [1.165, 1.54) is 0 Å². The quantitative estimate of drug-likeness (QED) is 0.856. The van der Waals surface area contributed by atoms with Gasteiger partial charge in [0.05, 0.1) is 12.2 Å². The second-order valence-electron chi connectivity index (χ2n) is 8.56. The fourth-order valence-electron chi connectivity index (χ4n) is 3.17.